The molecule has 2 aromatic carbocycles. The maximum absolute atomic E-state index is 12.7. The van der Waals surface area contributed by atoms with Crippen LogP contribution in [0.2, 0.25) is 0 Å². The molecule has 0 spiro atoms. The predicted octanol–water partition coefficient (Wildman–Crippen LogP) is 3.95. The van der Waals surface area contributed by atoms with E-state index >= 15 is 0 Å². The van der Waals surface area contributed by atoms with Gasteiger partial charge in [0, 0.05) is 38.0 Å². The average Bonchev–Trinajstić information content (AvgIpc) is 3.31. The van der Waals surface area contributed by atoms with Gasteiger partial charge in [-0.05, 0) is 30.2 Å². The van der Waals surface area contributed by atoms with Crippen LogP contribution >= 0.6 is 0 Å². The molecule has 0 atom stereocenters. The van der Waals surface area contributed by atoms with Crippen molar-refractivity contribution in [1.82, 2.24) is 9.91 Å². The number of halogens is 3. The fourth-order valence-electron chi connectivity index (χ4n) is 3.52. The van der Waals surface area contributed by atoms with E-state index in [1.54, 1.807) is 18.2 Å². The molecule has 0 bridgehead atoms. The van der Waals surface area contributed by atoms with Crippen LogP contribution in [0.3, 0.4) is 0 Å². The van der Waals surface area contributed by atoms with Gasteiger partial charge >= 0.3 is 12.1 Å². The van der Waals surface area contributed by atoms with Gasteiger partial charge < -0.3 is 10.2 Å². The smallest absolute Gasteiger partial charge is 0.331 e. The molecule has 1 N–H and O–H groups in total. The highest BCUT2D eigenvalue weighted by molar-refractivity contribution is 6.02. The highest BCUT2D eigenvalue weighted by Crippen LogP contribution is 2.21. The molecule has 1 heterocycles. The van der Waals surface area contributed by atoms with E-state index in [0.717, 1.165) is 11.3 Å². The lowest BCUT2D eigenvalue weighted by Crippen LogP contribution is -2.40. The molecular formula is C24H25F3N4O3. The summed E-state index contributed by atoms with van der Waals surface area (Å²) in [5, 5.41) is 8.37. The van der Waals surface area contributed by atoms with Crippen LogP contribution < -0.4 is 5.32 Å². The molecule has 0 saturated carbocycles. The second kappa shape index (κ2) is 11.0. The second-order valence-electron chi connectivity index (χ2n) is 7.75. The first-order valence-corrected chi connectivity index (χ1v) is 10.9. The summed E-state index contributed by atoms with van der Waals surface area (Å²) >= 11 is 0. The van der Waals surface area contributed by atoms with Crippen LogP contribution in [0, 0.1) is 0 Å². The molecule has 3 rings (SSSR count). The minimum Gasteiger partial charge on any atom is -0.331 e. The average molecular weight is 474 g/mol. The Balaban J connectivity index is 1.52. The molecule has 0 unspecified atom stereocenters. The molecule has 3 amide bonds. The monoisotopic (exact) mass is 474 g/mol. The minimum absolute atomic E-state index is 0.0270. The summed E-state index contributed by atoms with van der Waals surface area (Å²) in [7, 11) is 0. The van der Waals surface area contributed by atoms with Crippen LogP contribution in [0.5, 0.6) is 0 Å². The summed E-state index contributed by atoms with van der Waals surface area (Å²) in [6, 6.07) is 15.8. The number of benzene rings is 2. The van der Waals surface area contributed by atoms with Crippen molar-refractivity contribution in [2.45, 2.75) is 38.9 Å². The maximum atomic E-state index is 12.7. The summed E-state index contributed by atoms with van der Waals surface area (Å²) in [6.07, 6.45) is -4.40. The third kappa shape index (κ3) is 6.66. The quantitative estimate of drug-likeness (QED) is 0.629. The Morgan fingerprint density at radius 1 is 1.06 bits per heavy atom. The number of rotatable bonds is 8. The SMILES string of the molecule is CCN(Cc1cccc(NC(=O)CCC(=O)N2CCC(c3ccccc3)=N2)c1)C(=O)C(F)(F)F. The van der Waals surface area contributed by atoms with Gasteiger partial charge in [-0.25, -0.2) is 5.01 Å². The first-order chi connectivity index (χ1) is 16.2. The molecule has 10 heteroatoms. The predicted molar refractivity (Wildman–Crippen MR) is 121 cm³/mol. The van der Waals surface area contributed by atoms with Crippen LogP contribution in [-0.4, -0.2) is 52.6 Å². The van der Waals surface area contributed by atoms with E-state index in [9.17, 15) is 27.6 Å². The first-order valence-electron chi connectivity index (χ1n) is 10.9. The number of nitrogens with one attached hydrogen (secondary N) is 1. The molecule has 1 aliphatic rings. The summed E-state index contributed by atoms with van der Waals surface area (Å²) in [5.74, 6) is -2.59. The fraction of sp³-hybridized carbons (Fsp3) is 0.333. The number of anilines is 1. The summed E-state index contributed by atoms with van der Waals surface area (Å²) < 4.78 is 38.2. The number of carbonyl (C=O) groups is 3. The number of hydrogen-bond donors (Lipinski definition) is 1. The van der Waals surface area contributed by atoms with E-state index in [1.165, 1.54) is 18.0 Å². The number of alkyl halides is 3. The number of hydrazone groups is 1. The molecule has 0 radical (unpaired) electrons. The van der Waals surface area contributed by atoms with Crippen LogP contribution in [-0.2, 0) is 20.9 Å². The Morgan fingerprint density at radius 2 is 1.79 bits per heavy atom. The molecule has 0 aliphatic carbocycles. The highest BCUT2D eigenvalue weighted by Gasteiger charge is 2.41. The number of hydrogen-bond acceptors (Lipinski definition) is 4. The largest absolute Gasteiger partial charge is 0.471 e. The number of nitrogens with zero attached hydrogens (tertiary/aromatic N) is 3. The van der Waals surface area contributed by atoms with E-state index in [-0.39, 0.29) is 31.8 Å². The van der Waals surface area contributed by atoms with Crippen molar-refractivity contribution in [2.24, 2.45) is 5.10 Å². The van der Waals surface area contributed by atoms with E-state index in [4.69, 9.17) is 0 Å². The molecule has 1 aliphatic heterocycles. The molecule has 0 fully saturated rings. The van der Waals surface area contributed by atoms with E-state index in [0.29, 0.717) is 29.1 Å². The van der Waals surface area contributed by atoms with Gasteiger partial charge in [0.25, 0.3) is 0 Å². The summed E-state index contributed by atoms with van der Waals surface area (Å²) in [4.78, 5) is 36.9. The molecule has 7 nitrogen and oxygen atoms in total. The fourth-order valence-corrected chi connectivity index (χ4v) is 3.52. The summed E-state index contributed by atoms with van der Waals surface area (Å²) in [5.41, 5.74) is 2.58. The lowest BCUT2D eigenvalue weighted by Gasteiger charge is -2.22. The van der Waals surface area contributed by atoms with Gasteiger partial charge in [-0.2, -0.15) is 18.3 Å². The van der Waals surface area contributed by atoms with Crippen molar-refractivity contribution < 1.29 is 27.6 Å². The molecule has 180 valence electrons. The van der Waals surface area contributed by atoms with E-state index < -0.39 is 18.0 Å². The van der Waals surface area contributed by atoms with Crippen LogP contribution in [0.1, 0.15) is 37.3 Å². The van der Waals surface area contributed by atoms with Gasteiger partial charge in [-0.1, -0.05) is 42.5 Å². The Bertz CT molecular complexity index is 1070. The minimum atomic E-state index is -4.95. The molecule has 34 heavy (non-hydrogen) atoms. The molecule has 2 aromatic rings. The van der Waals surface area contributed by atoms with Gasteiger partial charge in [-0.15, -0.1) is 0 Å². The lowest BCUT2D eigenvalue weighted by molar-refractivity contribution is -0.185. The van der Waals surface area contributed by atoms with Crippen molar-refractivity contribution in [3.05, 3.63) is 65.7 Å². The Kier molecular flexibility index (Phi) is 8.04. The van der Waals surface area contributed by atoms with Crippen molar-refractivity contribution >= 4 is 29.1 Å². The van der Waals surface area contributed by atoms with Gasteiger partial charge in [0.05, 0.1) is 12.3 Å². The molecule has 0 aromatic heterocycles. The number of carbonyl (C=O) groups excluding carboxylic acids is 3. The normalized spacial score (nSPS) is 13.4. The van der Waals surface area contributed by atoms with E-state index in [1.807, 2.05) is 30.3 Å². The maximum Gasteiger partial charge on any atom is 0.471 e. The van der Waals surface area contributed by atoms with Crippen molar-refractivity contribution in [1.29, 1.82) is 0 Å². The van der Waals surface area contributed by atoms with E-state index in [2.05, 4.69) is 10.4 Å². The molecular weight excluding hydrogens is 449 g/mol. The third-order valence-corrected chi connectivity index (χ3v) is 5.26. The Hall–Kier alpha value is -3.69. The van der Waals surface area contributed by atoms with Gasteiger partial charge in [0.1, 0.15) is 0 Å². The second-order valence-corrected chi connectivity index (χ2v) is 7.75. The van der Waals surface area contributed by atoms with Gasteiger partial charge in [-0.3, -0.25) is 14.4 Å². The van der Waals surface area contributed by atoms with Gasteiger partial charge in [0.15, 0.2) is 0 Å². The molecule has 0 saturated heterocycles. The number of amides is 3. The zero-order valence-electron chi connectivity index (χ0n) is 18.6. The first kappa shape index (κ1) is 24.9. The third-order valence-electron chi connectivity index (χ3n) is 5.26. The van der Waals surface area contributed by atoms with Crippen LogP contribution in [0.4, 0.5) is 18.9 Å². The lowest BCUT2D eigenvalue weighted by atomic mass is 10.1. The van der Waals surface area contributed by atoms with Crippen molar-refractivity contribution in [3.63, 3.8) is 0 Å². The van der Waals surface area contributed by atoms with Crippen LogP contribution in [0.25, 0.3) is 0 Å². The van der Waals surface area contributed by atoms with Gasteiger partial charge in [0.2, 0.25) is 11.8 Å². The summed E-state index contributed by atoms with van der Waals surface area (Å²) in [6.45, 7) is 1.56. The van der Waals surface area contributed by atoms with Crippen molar-refractivity contribution in [3.8, 4) is 0 Å². The zero-order valence-corrected chi connectivity index (χ0v) is 18.6. The zero-order chi connectivity index (χ0) is 24.7. The standard InChI is InChI=1S/C24H25F3N4O3/c1-2-30(23(34)24(25,26)27)16-17-7-6-10-19(15-17)28-21(32)11-12-22(33)31-14-13-20(29-31)18-8-4-3-5-9-18/h3-10,15H,2,11-14,16H2,1H3,(H,28,32). The Labute approximate surface area is 195 Å². The topological polar surface area (TPSA) is 82.1 Å². The highest BCUT2D eigenvalue weighted by atomic mass is 19.4. The van der Waals surface area contributed by atoms with Crippen LogP contribution in [0.15, 0.2) is 59.7 Å². The Morgan fingerprint density at radius 3 is 2.47 bits per heavy atom. The van der Waals surface area contributed by atoms with Crippen molar-refractivity contribution in [2.75, 3.05) is 18.4 Å².